The van der Waals surface area contributed by atoms with Gasteiger partial charge in [0.15, 0.2) is 0 Å². The highest BCUT2D eigenvalue weighted by atomic mass is 16.5. The lowest BCUT2D eigenvalue weighted by atomic mass is 9.89. The summed E-state index contributed by atoms with van der Waals surface area (Å²) in [6.45, 7) is 0.781. The second kappa shape index (κ2) is 6.82. The van der Waals surface area contributed by atoms with E-state index in [1.165, 1.54) is 22.4 Å². The predicted octanol–water partition coefficient (Wildman–Crippen LogP) is 3.78. The van der Waals surface area contributed by atoms with E-state index in [4.69, 9.17) is 4.74 Å². The average molecular weight is 373 g/mol. The first-order valence-corrected chi connectivity index (χ1v) is 9.83. The molecule has 5 rings (SSSR count). The van der Waals surface area contributed by atoms with E-state index in [9.17, 15) is 4.79 Å². The molecule has 2 aromatic carbocycles. The molecule has 5 nitrogen and oxygen atoms in total. The third kappa shape index (κ3) is 2.87. The fraction of sp³-hybridized carbons (Fsp3) is 0.304. The molecule has 1 aliphatic heterocycles. The van der Waals surface area contributed by atoms with Crippen LogP contribution in [0.4, 0.5) is 5.69 Å². The van der Waals surface area contributed by atoms with Crippen LogP contribution in [0, 0.1) is 5.92 Å². The highest BCUT2D eigenvalue weighted by Gasteiger charge is 2.33. The van der Waals surface area contributed by atoms with Crippen LogP contribution in [-0.2, 0) is 24.1 Å². The highest BCUT2D eigenvalue weighted by Crippen LogP contribution is 2.36. The molecule has 1 amide bonds. The number of ether oxygens (including phenoxy) is 1. The fourth-order valence-corrected chi connectivity index (χ4v) is 4.48. The number of carbonyl (C=O) groups is 1. The summed E-state index contributed by atoms with van der Waals surface area (Å²) in [4.78, 5) is 15.0. The van der Waals surface area contributed by atoms with Crippen molar-refractivity contribution in [3.05, 3.63) is 65.5 Å². The Morgan fingerprint density at radius 1 is 1.18 bits per heavy atom. The molecule has 1 N–H and O–H groups in total. The summed E-state index contributed by atoms with van der Waals surface area (Å²) in [5, 5.41) is 7.27. The number of aromatic amines is 1. The number of hydrogen-bond acceptors (Lipinski definition) is 3. The van der Waals surface area contributed by atoms with Crippen molar-refractivity contribution in [2.24, 2.45) is 5.92 Å². The molecule has 2 aliphatic rings. The van der Waals surface area contributed by atoms with E-state index in [1.807, 2.05) is 29.3 Å². The molecule has 1 aromatic heterocycles. The van der Waals surface area contributed by atoms with Crippen molar-refractivity contribution in [1.82, 2.24) is 10.2 Å². The van der Waals surface area contributed by atoms with E-state index < -0.39 is 0 Å². The molecule has 0 unspecified atom stereocenters. The Morgan fingerprint density at radius 3 is 3.00 bits per heavy atom. The van der Waals surface area contributed by atoms with Crippen molar-refractivity contribution >= 4 is 11.6 Å². The van der Waals surface area contributed by atoms with Crippen LogP contribution in [0.5, 0.6) is 5.75 Å². The van der Waals surface area contributed by atoms with E-state index in [0.29, 0.717) is 0 Å². The number of benzene rings is 2. The number of methoxy groups -OCH3 is 1. The van der Waals surface area contributed by atoms with Crippen LogP contribution in [0.2, 0.25) is 0 Å². The van der Waals surface area contributed by atoms with E-state index in [2.05, 4.69) is 34.5 Å². The predicted molar refractivity (Wildman–Crippen MR) is 109 cm³/mol. The molecule has 0 spiro atoms. The summed E-state index contributed by atoms with van der Waals surface area (Å²) < 4.78 is 5.31. The smallest absolute Gasteiger partial charge is 0.230 e. The Bertz CT molecular complexity index is 1040. The molecule has 5 heteroatoms. The first-order chi connectivity index (χ1) is 13.7. The van der Waals surface area contributed by atoms with Gasteiger partial charge in [0.25, 0.3) is 0 Å². The third-order valence-corrected chi connectivity index (χ3v) is 5.99. The van der Waals surface area contributed by atoms with E-state index in [0.717, 1.165) is 49.2 Å². The maximum Gasteiger partial charge on any atom is 0.230 e. The summed E-state index contributed by atoms with van der Waals surface area (Å²) >= 11 is 0. The van der Waals surface area contributed by atoms with Gasteiger partial charge in [0.05, 0.1) is 13.3 Å². The van der Waals surface area contributed by atoms with Crippen molar-refractivity contribution in [3.8, 4) is 16.9 Å². The van der Waals surface area contributed by atoms with Crippen molar-refractivity contribution in [1.29, 1.82) is 0 Å². The standard InChI is InChI=1S/C23H23N3O2/c1-28-19-4-2-3-15(12-19)11-17-9-10-26(23(17)27)18-6-7-20-16(13-18)5-8-22-21(20)14-24-25-22/h2-4,6-7,12-14,17H,5,8-11H2,1H3,(H,24,25)/t17-/m0/s1. The Kier molecular flexibility index (Phi) is 4.15. The quantitative estimate of drug-likeness (QED) is 0.757. The van der Waals surface area contributed by atoms with Crippen LogP contribution in [0.3, 0.4) is 0 Å². The minimum atomic E-state index is 0.0311. The van der Waals surface area contributed by atoms with E-state index in [-0.39, 0.29) is 11.8 Å². The van der Waals surface area contributed by atoms with Crippen LogP contribution < -0.4 is 9.64 Å². The zero-order valence-electron chi connectivity index (χ0n) is 15.9. The topological polar surface area (TPSA) is 58.2 Å². The number of aromatic nitrogens is 2. The molecule has 0 radical (unpaired) electrons. The number of amides is 1. The molecule has 1 atom stereocenters. The van der Waals surface area contributed by atoms with Gasteiger partial charge in [-0.3, -0.25) is 9.89 Å². The van der Waals surface area contributed by atoms with Crippen molar-refractivity contribution < 1.29 is 9.53 Å². The summed E-state index contributed by atoms with van der Waals surface area (Å²) in [5.74, 6) is 1.10. The minimum absolute atomic E-state index is 0.0311. The summed E-state index contributed by atoms with van der Waals surface area (Å²) in [5.41, 5.74) is 7.10. The van der Waals surface area contributed by atoms with Crippen molar-refractivity contribution in [2.75, 3.05) is 18.6 Å². The van der Waals surface area contributed by atoms with Gasteiger partial charge in [0, 0.05) is 29.4 Å². The van der Waals surface area contributed by atoms with Gasteiger partial charge in [-0.2, -0.15) is 5.10 Å². The molecule has 2 heterocycles. The van der Waals surface area contributed by atoms with Gasteiger partial charge in [-0.05, 0) is 66.6 Å². The Balaban J connectivity index is 1.36. The molecule has 1 saturated heterocycles. The Labute approximate surface area is 164 Å². The number of hydrogen-bond donors (Lipinski definition) is 1. The lowest BCUT2D eigenvalue weighted by Gasteiger charge is -2.21. The van der Waals surface area contributed by atoms with E-state index in [1.54, 1.807) is 7.11 Å². The van der Waals surface area contributed by atoms with Crippen LogP contribution in [0.15, 0.2) is 48.7 Å². The molecule has 0 bridgehead atoms. The number of aryl methyl sites for hydroxylation is 2. The normalized spacial score (nSPS) is 18.1. The SMILES string of the molecule is COc1cccc(C[C@@H]2CCN(c3ccc4c(c3)CCc3[nH]ncc3-4)C2=O)c1. The third-order valence-electron chi connectivity index (χ3n) is 5.99. The van der Waals surface area contributed by atoms with Crippen LogP contribution in [0.1, 0.15) is 23.2 Å². The molecule has 1 aliphatic carbocycles. The molecular formula is C23H23N3O2. The van der Waals surface area contributed by atoms with Crippen LogP contribution >= 0.6 is 0 Å². The minimum Gasteiger partial charge on any atom is -0.497 e. The first-order valence-electron chi connectivity index (χ1n) is 9.83. The zero-order chi connectivity index (χ0) is 19.1. The number of nitrogens with one attached hydrogen (secondary N) is 1. The second-order valence-electron chi connectivity index (χ2n) is 7.63. The second-order valence-corrected chi connectivity index (χ2v) is 7.63. The summed E-state index contributed by atoms with van der Waals surface area (Å²) in [7, 11) is 1.67. The Hall–Kier alpha value is -3.08. The molecule has 1 fully saturated rings. The maximum absolute atomic E-state index is 13.1. The molecule has 3 aromatic rings. The Morgan fingerprint density at radius 2 is 2.11 bits per heavy atom. The number of nitrogens with zero attached hydrogens (tertiary/aromatic N) is 2. The molecule has 28 heavy (non-hydrogen) atoms. The summed E-state index contributed by atoms with van der Waals surface area (Å²) in [6.07, 6.45) is 5.50. The van der Waals surface area contributed by atoms with Gasteiger partial charge >= 0.3 is 0 Å². The highest BCUT2D eigenvalue weighted by molar-refractivity contribution is 5.97. The van der Waals surface area contributed by atoms with Crippen molar-refractivity contribution in [3.63, 3.8) is 0 Å². The molecule has 142 valence electrons. The molecule has 0 saturated carbocycles. The fourth-order valence-electron chi connectivity index (χ4n) is 4.48. The zero-order valence-corrected chi connectivity index (χ0v) is 15.9. The number of rotatable bonds is 4. The number of H-pyrrole nitrogens is 1. The lowest BCUT2D eigenvalue weighted by molar-refractivity contribution is -0.120. The monoisotopic (exact) mass is 373 g/mol. The van der Waals surface area contributed by atoms with Gasteiger partial charge in [0.2, 0.25) is 5.91 Å². The number of carbonyl (C=O) groups excluding carboxylic acids is 1. The maximum atomic E-state index is 13.1. The van der Waals surface area contributed by atoms with Gasteiger partial charge in [-0.1, -0.05) is 18.2 Å². The summed E-state index contributed by atoms with van der Waals surface area (Å²) in [6, 6.07) is 14.4. The van der Waals surface area contributed by atoms with Gasteiger partial charge in [-0.15, -0.1) is 0 Å². The molecular weight excluding hydrogens is 350 g/mol. The van der Waals surface area contributed by atoms with Crippen molar-refractivity contribution in [2.45, 2.75) is 25.7 Å². The van der Waals surface area contributed by atoms with Crippen LogP contribution in [0.25, 0.3) is 11.1 Å². The van der Waals surface area contributed by atoms with Gasteiger partial charge < -0.3 is 9.64 Å². The number of anilines is 1. The first kappa shape index (κ1) is 17.0. The average Bonchev–Trinajstić information content (AvgIpc) is 3.35. The van der Waals surface area contributed by atoms with Gasteiger partial charge in [0.1, 0.15) is 5.75 Å². The van der Waals surface area contributed by atoms with E-state index >= 15 is 0 Å². The van der Waals surface area contributed by atoms with Crippen LogP contribution in [-0.4, -0.2) is 29.8 Å². The largest absolute Gasteiger partial charge is 0.497 e. The van der Waals surface area contributed by atoms with Gasteiger partial charge in [-0.25, -0.2) is 0 Å². The number of fused-ring (bicyclic) bond motifs is 3. The lowest BCUT2D eigenvalue weighted by Crippen LogP contribution is -2.28.